The summed E-state index contributed by atoms with van der Waals surface area (Å²) in [5, 5.41) is 0. The molecule has 0 aromatic rings. The fraction of sp³-hybridized carbons (Fsp3) is 0.938. The third-order valence-corrected chi connectivity index (χ3v) is 7.33. The largest absolute Gasteiger partial charge is 0.364 e. The molecule has 2 saturated heterocycles. The van der Waals surface area contributed by atoms with E-state index in [0.717, 1.165) is 45.6 Å². The molecule has 4 rings (SSSR count). The summed E-state index contributed by atoms with van der Waals surface area (Å²) in [4.78, 5) is 17.6. The number of hydrogen-bond donors (Lipinski definition) is 0. The van der Waals surface area contributed by atoms with Crippen molar-refractivity contribution in [2.24, 2.45) is 16.7 Å². The van der Waals surface area contributed by atoms with Crippen LogP contribution in [0.4, 0.5) is 0 Å². The van der Waals surface area contributed by atoms with Crippen LogP contribution in [0.5, 0.6) is 0 Å². The normalized spacial score (nSPS) is 51.0. The number of likely N-dealkylation sites (N-methyl/N-ethyl adjacent to an activating group) is 1. The molecule has 20 heavy (non-hydrogen) atoms. The molecule has 2 heterocycles. The van der Waals surface area contributed by atoms with Gasteiger partial charge in [0, 0.05) is 37.0 Å². The Labute approximate surface area is 121 Å². The maximum Gasteiger partial charge on any atom is 0.255 e. The van der Waals surface area contributed by atoms with Gasteiger partial charge in [0.05, 0.1) is 6.61 Å². The fourth-order valence-corrected chi connectivity index (χ4v) is 5.50. The van der Waals surface area contributed by atoms with Crippen LogP contribution in [0.15, 0.2) is 0 Å². The van der Waals surface area contributed by atoms with Gasteiger partial charge in [-0.1, -0.05) is 13.8 Å². The summed E-state index contributed by atoms with van der Waals surface area (Å²) in [5.41, 5.74) is -0.207. The van der Waals surface area contributed by atoms with Gasteiger partial charge in [0.15, 0.2) is 5.60 Å². The molecular weight excluding hydrogens is 252 g/mol. The molecule has 112 valence electrons. The van der Waals surface area contributed by atoms with Gasteiger partial charge in [-0.25, -0.2) is 0 Å². The summed E-state index contributed by atoms with van der Waals surface area (Å²) >= 11 is 0. The predicted octanol–water partition coefficient (Wildman–Crippen LogP) is 1.36. The number of ether oxygens (including phenoxy) is 1. The Kier molecular flexibility index (Phi) is 2.47. The van der Waals surface area contributed by atoms with Gasteiger partial charge in [-0.05, 0) is 32.2 Å². The van der Waals surface area contributed by atoms with Gasteiger partial charge in [0.2, 0.25) is 0 Å². The Bertz CT molecular complexity index is 459. The van der Waals surface area contributed by atoms with Crippen LogP contribution in [0, 0.1) is 16.7 Å². The molecule has 0 aromatic heterocycles. The van der Waals surface area contributed by atoms with Crippen molar-refractivity contribution in [3.05, 3.63) is 0 Å². The zero-order valence-corrected chi connectivity index (χ0v) is 12.9. The van der Waals surface area contributed by atoms with E-state index < -0.39 is 5.60 Å². The second-order valence-electron chi connectivity index (χ2n) is 7.90. The standard InChI is InChI=1S/C16H26N2O2/c1-14-11-20-16(10-12(14)4-5-15(14,16)2)13(19)18-8-6-17(3)7-9-18/h12H,4-11H2,1-3H3/t12-,14+,15+,16-/m1/s1. The molecule has 4 nitrogen and oxygen atoms in total. The molecule has 4 aliphatic rings. The molecule has 1 amide bonds. The highest BCUT2D eigenvalue weighted by Crippen LogP contribution is 2.75. The summed E-state index contributed by atoms with van der Waals surface area (Å²) in [6.07, 6.45) is 3.41. The predicted molar refractivity (Wildman–Crippen MR) is 76.3 cm³/mol. The molecule has 2 saturated carbocycles. The number of hydrogen-bond acceptors (Lipinski definition) is 3. The third-order valence-electron chi connectivity index (χ3n) is 7.33. The Morgan fingerprint density at radius 1 is 1.20 bits per heavy atom. The van der Waals surface area contributed by atoms with Crippen molar-refractivity contribution in [1.29, 1.82) is 0 Å². The van der Waals surface area contributed by atoms with Crippen LogP contribution in [0.3, 0.4) is 0 Å². The van der Waals surface area contributed by atoms with Crippen molar-refractivity contribution < 1.29 is 9.53 Å². The number of amides is 1. The van der Waals surface area contributed by atoms with Crippen molar-refractivity contribution in [3.8, 4) is 0 Å². The molecule has 2 aliphatic carbocycles. The van der Waals surface area contributed by atoms with Crippen molar-refractivity contribution >= 4 is 5.91 Å². The highest BCUT2D eigenvalue weighted by atomic mass is 16.5. The van der Waals surface area contributed by atoms with Crippen molar-refractivity contribution in [2.45, 2.75) is 38.7 Å². The molecule has 4 fully saturated rings. The molecule has 0 radical (unpaired) electrons. The first-order valence-electron chi connectivity index (χ1n) is 8.05. The molecule has 2 aliphatic heterocycles. The number of carbonyl (C=O) groups excluding carboxylic acids is 1. The van der Waals surface area contributed by atoms with Gasteiger partial charge in [-0.3, -0.25) is 4.79 Å². The molecule has 0 spiro atoms. The van der Waals surface area contributed by atoms with Gasteiger partial charge < -0.3 is 14.5 Å². The zero-order chi connectivity index (χ0) is 14.2. The third kappa shape index (κ3) is 1.24. The number of piperazine rings is 1. The smallest absolute Gasteiger partial charge is 0.255 e. The Morgan fingerprint density at radius 3 is 2.50 bits per heavy atom. The lowest BCUT2D eigenvalue weighted by molar-refractivity contribution is -0.168. The first kappa shape index (κ1) is 13.1. The highest BCUT2D eigenvalue weighted by molar-refractivity contribution is 5.88. The lowest BCUT2D eigenvalue weighted by atomic mass is 9.66. The van der Waals surface area contributed by atoms with Crippen molar-refractivity contribution in [3.63, 3.8) is 0 Å². The van der Waals surface area contributed by atoms with Crippen LogP contribution in [0.1, 0.15) is 33.1 Å². The average molecular weight is 278 g/mol. The minimum atomic E-state index is -0.499. The zero-order valence-electron chi connectivity index (χ0n) is 12.9. The van der Waals surface area contributed by atoms with E-state index in [1.807, 2.05) is 0 Å². The second-order valence-corrected chi connectivity index (χ2v) is 7.90. The SMILES string of the molecule is CN1CCN(C(=O)[C@]23C[C@H]4CC[C@@]2(C)[C@@]4(C)CO3)CC1. The Balaban J connectivity index is 1.64. The van der Waals surface area contributed by atoms with Crippen molar-refractivity contribution in [1.82, 2.24) is 9.80 Å². The van der Waals surface area contributed by atoms with E-state index in [4.69, 9.17) is 4.74 Å². The summed E-state index contributed by atoms with van der Waals surface area (Å²) in [6.45, 7) is 9.15. The van der Waals surface area contributed by atoms with Gasteiger partial charge in [0.25, 0.3) is 5.91 Å². The van der Waals surface area contributed by atoms with Gasteiger partial charge in [0.1, 0.15) is 0 Å². The van der Waals surface area contributed by atoms with Gasteiger partial charge >= 0.3 is 0 Å². The maximum atomic E-state index is 13.2. The highest BCUT2D eigenvalue weighted by Gasteiger charge is 2.78. The van der Waals surface area contributed by atoms with Crippen LogP contribution in [-0.2, 0) is 9.53 Å². The first-order valence-corrected chi connectivity index (χ1v) is 8.05. The van der Waals surface area contributed by atoms with Crippen LogP contribution in [0.25, 0.3) is 0 Å². The van der Waals surface area contributed by atoms with Gasteiger partial charge in [-0.15, -0.1) is 0 Å². The number of carbonyl (C=O) groups is 1. The van der Waals surface area contributed by atoms with Crippen LogP contribution in [-0.4, -0.2) is 61.1 Å². The van der Waals surface area contributed by atoms with Crippen LogP contribution < -0.4 is 0 Å². The summed E-state index contributed by atoms with van der Waals surface area (Å²) in [6, 6.07) is 0. The number of rotatable bonds is 1. The van der Waals surface area contributed by atoms with Crippen molar-refractivity contribution in [2.75, 3.05) is 39.8 Å². The second kappa shape index (κ2) is 3.77. The minimum absolute atomic E-state index is 0.0606. The quantitative estimate of drug-likeness (QED) is 0.726. The topological polar surface area (TPSA) is 32.8 Å². The number of nitrogens with zero attached hydrogens (tertiary/aromatic N) is 2. The molecular formula is C16H26N2O2. The Morgan fingerprint density at radius 2 is 1.90 bits per heavy atom. The fourth-order valence-electron chi connectivity index (χ4n) is 5.50. The molecule has 0 unspecified atom stereocenters. The summed E-state index contributed by atoms with van der Waals surface area (Å²) in [7, 11) is 2.13. The summed E-state index contributed by atoms with van der Waals surface area (Å²) in [5.74, 6) is 0.983. The van der Waals surface area contributed by atoms with E-state index in [0.29, 0.717) is 11.8 Å². The van der Waals surface area contributed by atoms with Gasteiger partial charge in [-0.2, -0.15) is 0 Å². The van der Waals surface area contributed by atoms with E-state index >= 15 is 0 Å². The molecule has 4 bridgehead atoms. The van der Waals surface area contributed by atoms with E-state index in [-0.39, 0.29) is 10.8 Å². The lowest BCUT2D eigenvalue weighted by Crippen LogP contribution is -2.59. The minimum Gasteiger partial charge on any atom is -0.364 e. The van der Waals surface area contributed by atoms with E-state index in [9.17, 15) is 4.79 Å². The maximum absolute atomic E-state index is 13.2. The van der Waals surface area contributed by atoms with E-state index in [2.05, 4.69) is 30.7 Å². The van der Waals surface area contributed by atoms with Crippen LogP contribution in [0.2, 0.25) is 0 Å². The lowest BCUT2D eigenvalue weighted by Gasteiger charge is -2.44. The molecule has 0 aromatic carbocycles. The Hall–Kier alpha value is -0.610. The molecule has 0 N–H and O–H groups in total. The molecule has 4 atom stereocenters. The average Bonchev–Trinajstić information content (AvgIpc) is 2.91. The van der Waals surface area contributed by atoms with E-state index in [1.165, 1.54) is 6.42 Å². The molecule has 4 heteroatoms. The summed E-state index contributed by atoms with van der Waals surface area (Å²) < 4.78 is 6.22. The monoisotopic (exact) mass is 278 g/mol. The van der Waals surface area contributed by atoms with Crippen LogP contribution >= 0.6 is 0 Å². The first-order chi connectivity index (χ1) is 9.43. The van der Waals surface area contributed by atoms with E-state index in [1.54, 1.807) is 0 Å².